The summed E-state index contributed by atoms with van der Waals surface area (Å²) in [5.41, 5.74) is 1.07. The van der Waals surface area contributed by atoms with Gasteiger partial charge in [-0.2, -0.15) is 18.2 Å². The molecule has 2 fully saturated rings. The third kappa shape index (κ3) is 3.94. The lowest BCUT2D eigenvalue weighted by molar-refractivity contribution is -0.159. The molecule has 3 aliphatic rings. The number of fused-ring (bicyclic) bond motifs is 1. The van der Waals surface area contributed by atoms with Crippen LogP contribution in [0.5, 0.6) is 0 Å². The van der Waals surface area contributed by atoms with Crippen molar-refractivity contribution in [1.29, 1.82) is 0 Å². The van der Waals surface area contributed by atoms with Crippen molar-refractivity contribution >= 4 is 11.8 Å². The summed E-state index contributed by atoms with van der Waals surface area (Å²) in [6.45, 7) is 0.597. The van der Waals surface area contributed by atoms with Crippen LogP contribution in [0.25, 0.3) is 11.4 Å². The molecule has 1 aliphatic carbocycles. The third-order valence-electron chi connectivity index (χ3n) is 6.06. The van der Waals surface area contributed by atoms with Crippen LogP contribution in [0.3, 0.4) is 0 Å². The molecule has 13 heteroatoms. The number of hydrogen-bond donors (Lipinski definition) is 1. The van der Waals surface area contributed by atoms with Gasteiger partial charge in [0.2, 0.25) is 11.7 Å². The van der Waals surface area contributed by atoms with Gasteiger partial charge in [0.25, 0.3) is 11.8 Å². The number of carbonyl (C=O) groups is 2. The molecule has 0 radical (unpaired) electrons. The maximum absolute atomic E-state index is 13.2. The Hall–Kier alpha value is -3.09. The molecular formula is C20H17F5N4O4. The van der Waals surface area contributed by atoms with Gasteiger partial charge < -0.3 is 19.5 Å². The average molecular weight is 472 g/mol. The highest BCUT2D eigenvalue weighted by Crippen LogP contribution is 2.48. The molecule has 1 saturated heterocycles. The second-order valence-electron chi connectivity index (χ2n) is 8.29. The lowest BCUT2D eigenvalue weighted by Crippen LogP contribution is -2.57. The van der Waals surface area contributed by atoms with Crippen LogP contribution in [0, 0.1) is 5.92 Å². The van der Waals surface area contributed by atoms with Crippen LogP contribution in [0.2, 0.25) is 0 Å². The molecule has 0 unspecified atom stereocenters. The van der Waals surface area contributed by atoms with Crippen molar-refractivity contribution in [2.45, 2.75) is 43.6 Å². The second kappa shape index (κ2) is 7.47. The van der Waals surface area contributed by atoms with E-state index in [0.717, 1.165) is 0 Å². The van der Waals surface area contributed by atoms with Gasteiger partial charge in [-0.05, 0) is 18.1 Å². The van der Waals surface area contributed by atoms with Crippen LogP contribution in [0.1, 0.15) is 34.7 Å². The summed E-state index contributed by atoms with van der Waals surface area (Å²) in [4.78, 5) is 30.2. The minimum atomic E-state index is -4.79. The fourth-order valence-corrected chi connectivity index (χ4v) is 4.20. The third-order valence-corrected chi connectivity index (χ3v) is 6.06. The first kappa shape index (κ1) is 21.7. The maximum Gasteiger partial charge on any atom is 0.471 e. The quantitative estimate of drug-likeness (QED) is 0.688. The summed E-state index contributed by atoms with van der Waals surface area (Å²) < 4.78 is 74.4. The van der Waals surface area contributed by atoms with Gasteiger partial charge in [0, 0.05) is 30.7 Å². The van der Waals surface area contributed by atoms with Gasteiger partial charge in [-0.25, -0.2) is 8.78 Å². The van der Waals surface area contributed by atoms with E-state index in [9.17, 15) is 31.5 Å². The zero-order chi connectivity index (χ0) is 23.5. The molecule has 1 saturated carbocycles. The van der Waals surface area contributed by atoms with Crippen LogP contribution in [0.15, 0.2) is 22.7 Å². The number of ether oxygens (including phenoxy) is 1. The van der Waals surface area contributed by atoms with E-state index in [-0.39, 0.29) is 30.1 Å². The Balaban J connectivity index is 1.34. The largest absolute Gasteiger partial charge is 0.471 e. The summed E-state index contributed by atoms with van der Waals surface area (Å²) in [5, 5.41) is 5.92. The summed E-state index contributed by atoms with van der Waals surface area (Å²) in [5.74, 6) is -7.35. The van der Waals surface area contributed by atoms with Gasteiger partial charge in [0.15, 0.2) is 0 Å². The first-order valence-electron chi connectivity index (χ1n) is 10.2. The van der Waals surface area contributed by atoms with Crippen LogP contribution < -0.4 is 5.32 Å². The minimum absolute atomic E-state index is 0.0726. The summed E-state index contributed by atoms with van der Waals surface area (Å²) in [6.07, 6.45) is -4.90. The highest BCUT2D eigenvalue weighted by molar-refractivity contribution is 5.99. The number of aromatic nitrogens is 2. The molecule has 2 aromatic rings. The van der Waals surface area contributed by atoms with Crippen molar-refractivity contribution in [3.63, 3.8) is 0 Å². The van der Waals surface area contributed by atoms with Crippen molar-refractivity contribution < 1.29 is 40.8 Å². The Bertz CT molecular complexity index is 1120. The fourth-order valence-electron chi connectivity index (χ4n) is 4.20. The number of rotatable bonds is 4. The number of nitrogens with zero attached hydrogens (tertiary/aromatic N) is 3. The molecule has 1 aromatic carbocycles. The van der Waals surface area contributed by atoms with Crippen molar-refractivity contribution in [3.8, 4) is 11.4 Å². The number of halogens is 5. The lowest BCUT2D eigenvalue weighted by atomic mass is 10.0. The Morgan fingerprint density at radius 1 is 1.27 bits per heavy atom. The molecule has 3 atom stereocenters. The molecule has 176 valence electrons. The van der Waals surface area contributed by atoms with Crippen LogP contribution in [-0.2, 0) is 22.3 Å². The fraction of sp³-hybridized carbons (Fsp3) is 0.500. The van der Waals surface area contributed by atoms with E-state index in [2.05, 4.69) is 20.0 Å². The van der Waals surface area contributed by atoms with Crippen LogP contribution >= 0.6 is 0 Å². The topological polar surface area (TPSA) is 97.6 Å². The highest BCUT2D eigenvalue weighted by Gasteiger charge is 2.61. The van der Waals surface area contributed by atoms with Crippen LogP contribution in [-0.4, -0.2) is 58.1 Å². The molecule has 2 amide bonds. The first-order chi connectivity index (χ1) is 15.5. The zero-order valence-electron chi connectivity index (χ0n) is 16.9. The first-order valence-corrected chi connectivity index (χ1v) is 10.2. The van der Waals surface area contributed by atoms with Crippen molar-refractivity contribution in [2.24, 2.45) is 5.92 Å². The van der Waals surface area contributed by atoms with Gasteiger partial charge in [0.1, 0.15) is 5.92 Å². The minimum Gasteiger partial charge on any atom is -0.379 e. The Kier molecular flexibility index (Phi) is 4.92. The predicted molar refractivity (Wildman–Crippen MR) is 98.8 cm³/mol. The number of alkyl halides is 5. The number of amides is 2. The Morgan fingerprint density at radius 3 is 2.70 bits per heavy atom. The SMILES string of the molecule is O=C(N[C@@H]1COCC[C@H]1N1Cc2ccc(-c3noc(C(F)(F)F)n3)cc2C1=O)[C@H]1CC1(F)F. The number of nitrogens with one attached hydrogen (secondary N) is 1. The molecule has 0 bridgehead atoms. The van der Waals surface area contributed by atoms with Gasteiger partial charge >= 0.3 is 12.1 Å². The lowest BCUT2D eigenvalue weighted by Gasteiger charge is -2.38. The molecule has 0 spiro atoms. The van der Waals surface area contributed by atoms with E-state index < -0.39 is 54.2 Å². The number of carbonyl (C=O) groups excluding carboxylic acids is 2. The Morgan fingerprint density at radius 2 is 2.03 bits per heavy atom. The molecule has 5 rings (SSSR count). The van der Waals surface area contributed by atoms with Crippen molar-refractivity contribution in [1.82, 2.24) is 20.4 Å². The maximum atomic E-state index is 13.2. The second-order valence-corrected chi connectivity index (χ2v) is 8.29. The van der Waals surface area contributed by atoms with Gasteiger partial charge in [-0.15, -0.1) is 0 Å². The summed E-state index contributed by atoms with van der Waals surface area (Å²) in [7, 11) is 0. The van der Waals surface area contributed by atoms with Crippen LogP contribution in [0.4, 0.5) is 22.0 Å². The van der Waals surface area contributed by atoms with E-state index in [4.69, 9.17) is 4.74 Å². The van der Waals surface area contributed by atoms with E-state index in [0.29, 0.717) is 18.6 Å². The molecule has 33 heavy (non-hydrogen) atoms. The monoisotopic (exact) mass is 472 g/mol. The molecule has 1 N–H and O–H groups in total. The number of benzene rings is 1. The molecule has 8 nitrogen and oxygen atoms in total. The predicted octanol–water partition coefficient (Wildman–Crippen LogP) is 2.64. The number of hydrogen-bond acceptors (Lipinski definition) is 6. The van der Waals surface area contributed by atoms with E-state index >= 15 is 0 Å². The van der Waals surface area contributed by atoms with E-state index in [1.807, 2.05) is 0 Å². The summed E-state index contributed by atoms with van der Waals surface area (Å²) >= 11 is 0. The standard InChI is InChI=1S/C20H17F5N4O4/c21-19(22)6-12(19)16(30)26-13-8-32-4-3-14(13)29-7-10-2-1-9(5-11(10)17(29)31)15-27-18(33-28-15)20(23,24)25/h1-2,5,12-14H,3-4,6-8H2,(H,26,30)/t12-,13-,14-/m1/s1. The molecule has 1 aromatic heterocycles. The van der Waals surface area contributed by atoms with E-state index in [1.54, 1.807) is 6.07 Å². The van der Waals surface area contributed by atoms with Gasteiger partial charge in [0.05, 0.1) is 18.7 Å². The molecular weight excluding hydrogens is 455 g/mol. The smallest absolute Gasteiger partial charge is 0.379 e. The van der Waals surface area contributed by atoms with Crippen molar-refractivity contribution in [3.05, 3.63) is 35.2 Å². The van der Waals surface area contributed by atoms with Gasteiger partial charge in [-0.1, -0.05) is 17.3 Å². The average Bonchev–Trinajstić information content (AvgIpc) is 3.09. The Labute approximate surface area is 183 Å². The van der Waals surface area contributed by atoms with E-state index in [1.165, 1.54) is 17.0 Å². The highest BCUT2D eigenvalue weighted by atomic mass is 19.4. The zero-order valence-corrected chi connectivity index (χ0v) is 16.9. The van der Waals surface area contributed by atoms with Gasteiger partial charge in [-0.3, -0.25) is 9.59 Å². The molecule has 2 aliphatic heterocycles. The summed E-state index contributed by atoms with van der Waals surface area (Å²) in [6, 6.07) is 3.32. The molecule has 3 heterocycles. The van der Waals surface area contributed by atoms with Crippen molar-refractivity contribution in [2.75, 3.05) is 13.2 Å². The normalized spacial score (nSPS) is 26.3.